The van der Waals surface area contributed by atoms with Crippen molar-refractivity contribution in [2.24, 2.45) is 0 Å². The summed E-state index contributed by atoms with van der Waals surface area (Å²) in [6.45, 7) is -0.385. The molecule has 1 aromatic carbocycles. The maximum absolute atomic E-state index is 13.8. The minimum atomic E-state index is -4.59. The van der Waals surface area contributed by atoms with Crippen molar-refractivity contribution in [3.63, 3.8) is 0 Å². The summed E-state index contributed by atoms with van der Waals surface area (Å²) in [5.41, 5.74) is 0.700. The van der Waals surface area contributed by atoms with E-state index < -0.39 is 23.5 Å². The van der Waals surface area contributed by atoms with E-state index in [4.69, 9.17) is 0 Å². The summed E-state index contributed by atoms with van der Waals surface area (Å²) in [5.74, 6) is -1.40. The first-order chi connectivity index (χ1) is 13.8. The predicted octanol–water partition coefficient (Wildman–Crippen LogP) is 4.04. The molecule has 3 N–H and O–H groups in total. The van der Waals surface area contributed by atoms with Crippen LogP contribution in [-0.4, -0.2) is 26.1 Å². The molecule has 0 aliphatic heterocycles. The Balaban J connectivity index is 1.51. The lowest BCUT2D eigenvalue weighted by Gasteiger charge is -2.10. The van der Waals surface area contributed by atoms with E-state index in [9.17, 15) is 22.4 Å². The number of carbonyl (C=O) groups is 1. The number of amides is 1. The first-order valence-corrected chi connectivity index (χ1v) is 8.44. The number of fused-ring (bicyclic) bond motifs is 1. The molecule has 0 fully saturated rings. The third-order valence-corrected chi connectivity index (χ3v) is 4.35. The van der Waals surface area contributed by atoms with Crippen LogP contribution >= 0.6 is 0 Å². The van der Waals surface area contributed by atoms with Gasteiger partial charge in [0.25, 0.3) is 5.91 Å². The number of nitrogens with one attached hydrogen (secondary N) is 3. The van der Waals surface area contributed by atoms with Gasteiger partial charge in [0.2, 0.25) is 0 Å². The quantitative estimate of drug-likeness (QED) is 0.450. The molecule has 6 nitrogen and oxygen atoms in total. The van der Waals surface area contributed by atoms with E-state index >= 15 is 0 Å². The number of pyridine rings is 1. The Labute approximate surface area is 161 Å². The van der Waals surface area contributed by atoms with E-state index in [0.717, 1.165) is 11.5 Å². The molecule has 4 aromatic rings. The minimum absolute atomic E-state index is 0.229. The monoisotopic (exact) mass is 403 g/mol. The Bertz CT molecular complexity index is 1190. The number of hydrogen-bond acceptors (Lipinski definition) is 3. The van der Waals surface area contributed by atoms with Crippen LogP contribution in [-0.2, 0) is 12.7 Å². The van der Waals surface area contributed by atoms with Gasteiger partial charge in [-0.05, 0) is 36.4 Å². The molecule has 0 saturated heterocycles. The van der Waals surface area contributed by atoms with Crippen molar-refractivity contribution in [3.05, 3.63) is 71.3 Å². The SMILES string of the molecule is O=C(NCc1cc(C(F)(F)F)ccc1F)c1c[nH]c(-c2n[nH]c3ncccc23)c1. The first kappa shape index (κ1) is 18.7. The fraction of sp³-hybridized carbons (Fsp3) is 0.105. The van der Waals surface area contributed by atoms with E-state index in [1.807, 2.05) is 6.07 Å². The number of rotatable bonds is 4. The maximum Gasteiger partial charge on any atom is 0.416 e. The highest BCUT2D eigenvalue weighted by Crippen LogP contribution is 2.30. The molecule has 4 rings (SSSR count). The molecule has 1 amide bonds. The average Bonchev–Trinajstić information content (AvgIpc) is 3.33. The van der Waals surface area contributed by atoms with Gasteiger partial charge in [-0.2, -0.15) is 18.3 Å². The molecule has 0 aliphatic rings. The molecule has 0 aliphatic carbocycles. The summed E-state index contributed by atoms with van der Waals surface area (Å²) < 4.78 is 52.2. The molecular weight excluding hydrogens is 390 g/mol. The van der Waals surface area contributed by atoms with E-state index in [2.05, 4.69) is 25.5 Å². The average molecular weight is 403 g/mol. The summed E-state index contributed by atoms with van der Waals surface area (Å²) in [4.78, 5) is 19.4. The van der Waals surface area contributed by atoms with Gasteiger partial charge in [0, 0.05) is 29.9 Å². The molecule has 0 atom stereocenters. The Hall–Kier alpha value is -3.69. The summed E-state index contributed by atoms with van der Waals surface area (Å²) in [5, 5.41) is 10.1. The number of aromatic nitrogens is 4. The summed E-state index contributed by atoms with van der Waals surface area (Å²) in [6, 6.07) is 7.18. The van der Waals surface area contributed by atoms with E-state index in [1.54, 1.807) is 18.3 Å². The summed E-state index contributed by atoms with van der Waals surface area (Å²) >= 11 is 0. The van der Waals surface area contributed by atoms with Gasteiger partial charge < -0.3 is 10.3 Å². The number of H-pyrrole nitrogens is 2. The number of nitrogens with zero attached hydrogens (tertiary/aromatic N) is 2. The van der Waals surface area contributed by atoms with E-state index in [-0.39, 0.29) is 17.7 Å². The van der Waals surface area contributed by atoms with Crippen molar-refractivity contribution >= 4 is 16.9 Å². The van der Waals surface area contributed by atoms with Crippen LogP contribution in [0, 0.1) is 5.82 Å². The number of benzene rings is 1. The van der Waals surface area contributed by atoms with Gasteiger partial charge in [-0.25, -0.2) is 9.37 Å². The second-order valence-electron chi connectivity index (χ2n) is 6.26. The first-order valence-electron chi connectivity index (χ1n) is 8.44. The highest BCUT2D eigenvalue weighted by atomic mass is 19.4. The predicted molar refractivity (Wildman–Crippen MR) is 96.2 cm³/mol. The van der Waals surface area contributed by atoms with Crippen LogP contribution in [0.25, 0.3) is 22.4 Å². The van der Waals surface area contributed by atoms with Gasteiger partial charge in [-0.1, -0.05) is 0 Å². The normalized spacial score (nSPS) is 11.7. The van der Waals surface area contributed by atoms with Crippen molar-refractivity contribution < 1.29 is 22.4 Å². The number of alkyl halides is 3. The fourth-order valence-corrected chi connectivity index (χ4v) is 2.89. The highest BCUT2D eigenvalue weighted by molar-refractivity contribution is 5.97. The lowest BCUT2D eigenvalue weighted by Crippen LogP contribution is -2.23. The van der Waals surface area contributed by atoms with Crippen molar-refractivity contribution in [2.75, 3.05) is 0 Å². The molecule has 0 saturated carbocycles. The maximum atomic E-state index is 13.8. The minimum Gasteiger partial charge on any atom is -0.359 e. The van der Waals surface area contributed by atoms with Crippen LogP contribution in [0.15, 0.2) is 48.8 Å². The molecule has 0 radical (unpaired) electrons. The van der Waals surface area contributed by atoms with Crippen molar-refractivity contribution in [3.8, 4) is 11.4 Å². The zero-order valence-electron chi connectivity index (χ0n) is 14.6. The standard InChI is InChI=1S/C19H13F4N5O/c20-14-4-3-12(19(21,22)23)6-10(14)8-26-18(29)11-7-15(25-9-11)16-13-2-1-5-24-17(13)28-27-16/h1-7,9,25H,8H2,(H,26,29)(H,24,27,28). The van der Waals surface area contributed by atoms with Crippen molar-refractivity contribution in [2.45, 2.75) is 12.7 Å². The Morgan fingerprint density at radius 3 is 2.79 bits per heavy atom. The van der Waals surface area contributed by atoms with Crippen molar-refractivity contribution in [1.29, 1.82) is 0 Å². The van der Waals surface area contributed by atoms with Gasteiger partial charge in [0.15, 0.2) is 5.65 Å². The van der Waals surface area contributed by atoms with Gasteiger partial charge in [0.05, 0.1) is 16.8 Å². The Morgan fingerprint density at radius 1 is 1.17 bits per heavy atom. The van der Waals surface area contributed by atoms with Gasteiger partial charge in [-0.15, -0.1) is 0 Å². The zero-order chi connectivity index (χ0) is 20.6. The third kappa shape index (κ3) is 3.68. The number of aromatic amines is 2. The number of carbonyl (C=O) groups excluding carboxylic acids is 1. The smallest absolute Gasteiger partial charge is 0.359 e. The second kappa shape index (κ2) is 7.04. The molecule has 3 heterocycles. The Morgan fingerprint density at radius 2 is 2.00 bits per heavy atom. The number of halogens is 4. The molecule has 10 heteroatoms. The molecular formula is C19H13F4N5O. The topological polar surface area (TPSA) is 86.5 Å². The Kier molecular flexibility index (Phi) is 4.53. The van der Waals surface area contributed by atoms with Crippen LogP contribution < -0.4 is 5.32 Å². The van der Waals surface area contributed by atoms with Crippen LogP contribution in [0.5, 0.6) is 0 Å². The van der Waals surface area contributed by atoms with Gasteiger partial charge >= 0.3 is 6.18 Å². The second-order valence-corrected chi connectivity index (χ2v) is 6.26. The van der Waals surface area contributed by atoms with Crippen molar-refractivity contribution in [1.82, 2.24) is 25.5 Å². The lowest BCUT2D eigenvalue weighted by atomic mass is 10.1. The molecule has 29 heavy (non-hydrogen) atoms. The van der Waals surface area contributed by atoms with Crippen LogP contribution in [0.3, 0.4) is 0 Å². The third-order valence-electron chi connectivity index (χ3n) is 4.35. The summed E-state index contributed by atoms with van der Waals surface area (Å²) in [6.07, 6.45) is -1.54. The van der Waals surface area contributed by atoms with Gasteiger partial charge in [-0.3, -0.25) is 9.89 Å². The number of hydrogen-bond donors (Lipinski definition) is 3. The lowest BCUT2D eigenvalue weighted by molar-refractivity contribution is -0.137. The van der Waals surface area contributed by atoms with Crippen LogP contribution in [0.1, 0.15) is 21.5 Å². The molecule has 0 spiro atoms. The summed E-state index contributed by atoms with van der Waals surface area (Å²) in [7, 11) is 0. The van der Waals surface area contributed by atoms with Crippen LogP contribution in [0.2, 0.25) is 0 Å². The molecule has 148 valence electrons. The van der Waals surface area contributed by atoms with E-state index in [1.165, 1.54) is 6.20 Å². The van der Waals surface area contributed by atoms with Crippen LogP contribution in [0.4, 0.5) is 17.6 Å². The zero-order valence-corrected chi connectivity index (χ0v) is 14.6. The fourth-order valence-electron chi connectivity index (χ4n) is 2.89. The van der Waals surface area contributed by atoms with E-state index in [0.29, 0.717) is 29.2 Å². The molecule has 0 bridgehead atoms. The molecule has 0 unspecified atom stereocenters. The molecule has 3 aromatic heterocycles. The van der Waals surface area contributed by atoms with Gasteiger partial charge in [0.1, 0.15) is 11.5 Å². The highest BCUT2D eigenvalue weighted by Gasteiger charge is 2.31. The largest absolute Gasteiger partial charge is 0.416 e.